The van der Waals surface area contributed by atoms with Crippen LogP contribution < -0.4 is 5.73 Å². The van der Waals surface area contributed by atoms with Crippen LogP contribution in [0, 0.1) is 5.82 Å². The molecule has 0 radical (unpaired) electrons. The smallest absolute Gasteiger partial charge is 0.148 e. The first kappa shape index (κ1) is 11.4. The van der Waals surface area contributed by atoms with Crippen molar-refractivity contribution in [3.05, 3.63) is 17.9 Å². The number of ether oxygens (including phenoxy) is 1. The molecule has 0 bridgehead atoms. The molecule has 0 unspecified atom stereocenters. The van der Waals surface area contributed by atoms with E-state index in [4.69, 9.17) is 10.5 Å². The summed E-state index contributed by atoms with van der Waals surface area (Å²) < 4.78 is 20.7. The summed E-state index contributed by atoms with van der Waals surface area (Å²) in [7, 11) is 0. The Morgan fingerprint density at radius 2 is 2.28 bits per heavy atom. The Kier molecular flexibility index (Phi) is 2.87. The molecule has 96 valence electrons. The molecule has 2 aromatic rings. The minimum Gasteiger partial charge on any atom is -0.396 e. The number of aromatic nitrogens is 3. The second kappa shape index (κ2) is 4.53. The van der Waals surface area contributed by atoms with E-state index in [0.717, 1.165) is 12.8 Å². The molecule has 1 aromatic carbocycles. The van der Waals surface area contributed by atoms with E-state index < -0.39 is 5.82 Å². The van der Waals surface area contributed by atoms with Crippen molar-refractivity contribution in [2.24, 2.45) is 0 Å². The number of hydrogen-bond acceptors (Lipinski definition) is 4. The number of fused-ring (bicyclic) bond motifs is 1. The van der Waals surface area contributed by atoms with Gasteiger partial charge in [0.15, 0.2) is 0 Å². The molecule has 1 saturated carbocycles. The lowest BCUT2D eigenvalue weighted by molar-refractivity contribution is -0.00212. The van der Waals surface area contributed by atoms with E-state index in [2.05, 4.69) is 10.3 Å². The first-order valence-corrected chi connectivity index (χ1v) is 6.14. The topological polar surface area (TPSA) is 66.0 Å². The average molecular weight is 250 g/mol. The Morgan fingerprint density at radius 1 is 1.44 bits per heavy atom. The van der Waals surface area contributed by atoms with Crippen molar-refractivity contribution in [1.82, 2.24) is 15.0 Å². The van der Waals surface area contributed by atoms with Crippen LogP contribution in [0.2, 0.25) is 0 Å². The summed E-state index contributed by atoms with van der Waals surface area (Å²) in [6.07, 6.45) is 3.93. The number of hydrogen-bond donors (Lipinski definition) is 1. The van der Waals surface area contributed by atoms with E-state index in [0.29, 0.717) is 30.3 Å². The molecule has 18 heavy (non-hydrogen) atoms. The van der Waals surface area contributed by atoms with Crippen molar-refractivity contribution in [2.45, 2.75) is 31.9 Å². The van der Waals surface area contributed by atoms with Crippen LogP contribution >= 0.6 is 0 Å². The lowest BCUT2D eigenvalue weighted by atomic mass is 9.96. The summed E-state index contributed by atoms with van der Waals surface area (Å²) >= 11 is 0. The van der Waals surface area contributed by atoms with Crippen molar-refractivity contribution in [3.8, 4) is 0 Å². The number of nitrogens with zero attached hydrogens (tertiary/aromatic N) is 3. The molecule has 2 N–H and O–H groups in total. The van der Waals surface area contributed by atoms with Crippen LogP contribution in [0.3, 0.4) is 0 Å². The highest BCUT2D eigenvalue weighted by Gasteiger charge is 2.17. The number of nitrogen functional groups attached to an aromatic ring is 1. The summed E-state index contributed by atoms with van der Waals surface area (Å²) in [6, 6.07) is 2.87. The lowest BCUT2D eigenvalue weighted by Crippen LogP contribution is -2.23. The van der Waals surface area contributed by atoms with Crippen LogP contribution in [-0.2, 0) is 11.3 Å². The van der Waals surface area contributed by atoms with E-state index in [1.807, 2.05) is 0 Å². The van der Waals surface area contributed by atoms with Gasteiger partial charge < -0.3 is 10.5 Å². The maximum atomic E-state index is 13.4. The predicted molar refractivity (Wildman–Crippen MR) is 65.5 cm³/mol. The van der Waals surface area contributed by atoms with Crippen molar-refractivity contribution < 1.29 is 9.13 Å². The Balaban J connectivity index is 1.73. The van der Waals surface area contributed by atoms with Crippen molar-refractivity contribution in [2.75, 3.05) is 12.3 Å². The van der Waals surface area contributed by atoms with Crippen LogP contribution in [0.15, 0.2) is 12.1 Å². The molecule has 3 rings (SSSR count). The zero-order valence-corrected chi connectivity index (χ0v) is 9.97. The molecular weight excluding hydrogens is 235 g/mol. The zero-order chi connectivity index (χ0) is 12.5. The highest BCUT2D eigenvalue weighted by Crippen LogP contribution is 2.22. The van der Waals surface area contributed by atoms with Gasteiger partial charge in [0.05, 0.1) is 30.5 Å². The summed E-state index contributed by atoms with van der Waals surface area (Å²) in [4.78, 5) is 0. The van der Waals surface area contributed by atoms with E-state index in [1.54, 1.807) is 4.68 Å². The van der Waals surface area contributed by atoms with Crippen LogP contribution in [0.5, 0.6) is 0 Å². The highest BCUT2D eigenvalue weighted by molar-refractivity contribution is 5.78. The van der Waals surface area contributed by atoms with E-state index >= 15 is 0 Å². The molecule has 0 atom stereocenters. The molecule has 6 heteroatoms. The fourth-order valence-corrected chi connectivity index (χ4v) is 2.01. The van der Waals surface area contributed by atoms with E-state index in [-0.39, 0.29) is 5.69 Å². The molecule has 1 aromatic heterocycles. The van der Waals surface area contributed by atoms with Crippen molar-refractivity contribution in [3.63, 3.8) is 0 Å². The standard InChI is InChI=1S/C12H15FN4O/c13-9-6-12-11(7-10(9)14)15-16-17(12)4-5-18-8-2-1-3-8/h6-8H,1-5,14H2. The molecule has 0 saturated heterocycles. The molecular formula is C12H15FN4O. The maximum absolute atomic E-state index is 13.4. The van der Waals surface area contributed by atoms with E-state index in [1.165, 1.54) is 18.6 Å². The monoisotopic (exact) mass is 250 g/mol. The SMILES string of the molecule is Nc1cc2nnn(CCOC3CCC3)c2cc1F. The Labute approximate surface area is 104 Å². The Morgan fingerprint density at radius 3 is 3.00 bits per heavy atom. The fourth-order valence-electron chi connectivity index (χ4n) is 2.01. The summed E-state index contributed by atoms with van der Waals surface area (Å²) in [6.45, 7) is 1.16. The summed E-state index contributed by atoms with van der Waals surface area (Å²) in [5.41, 5.74) is 6.84. The molecule has 0 amide bonds. The minimum absolute atomic E-state index is 0.0975. The van der Waals surface area contributed by atoms with Crippen LogP contribution in [-0.4, -0.2) is 27.7 Å². The molecule has 0 spiro atoms. The normalized spacial score (nSPS) is 16.1. The largest absolute Gasteiger partial charge is 0.396 e. The van der Waals surface area contributed by atoms with Gasteiger partial charge >= 0.3 is 0 Å². The number of rotatable bonds is 4. The molecule has 1 aliphatic carbocycles. The van der Waals surface area contributed by atoms with Crippen LogP contribution in [0.25, 0.3) is 11.0 Å². The number of benzene rings is 1. The third-order valence-electron chi connectivity index (χ3n) is 3.34. The quantitative estimate of drug-likeness (QED) is 0.839. The predicted octanol–water partition coefficient (Wildman–Crippen LogP) is 1.72. The second-order valence-corrected chi connectivity index (χ2v) is 4.60. The van der Waals surface area contributed by atoms with Gasteiger partial charge in [-0.05, 0) is 25.3 Å². The zero-order valence-electron chi connectivity index (χ0n) is 9.97. The highest BCUT2D eigenvalue weighted by atomic mass is 19.1. The first-order valence-electron chi connectivity index (χ1n) is 6.14. The van der Waals surface area contributed by atoms with Gasteiger partial charge in [0.25, 0.3) is 0 Å². The van der Waals surface area contributed by atoms with Gasteiger partial charge in [0, 0.05) is 6.07 Å². The summed E-state index contributed by atoms with van der Waals surface area (Å²) in [5, 5.41) is 7.95. The second-order valence-electron chi connectivity index (χ2n) is 4.60. The van der Waals surface area contributed by atoms with Crippen molar-refractivity contribution >= 4 is 16.7 Å². The molecule has 1 aliphatic rings. The van der Waals surface area contributed by atoms with Gasteiger partial charge in [-0.1, -0.05) is 5.21 Å². The van der Waals surface area contributed by atoms with Gasteiger partial charge in [0.2, 0.25) is 0 Å². The number of halogens is 1. The van der Waals surface area contributed by atoms with E-state index in [9.17, 15) is 4.39 Å². The third kappa shape index (κ3) is 2.03. The molecule has 0 aliphatic heterocycles. The van der Waals surface area contributed by atoms with Gasteiger partial charge in [-0.15, -0.1) is 5.10 Å². The van der Waals surface area contributed by atoms with Gasteiger partial charge in [-0.2, -0.15) is 0 Å². The molecule has 5 nitrogen and oxygen atoms in total. The van der Waals surface area contributed by atoms with Gasteiger partial charge in [-0.25, -0.2) is 9.07 Å². The lowest BCUT2D eigenvalue weighted by Gasteiger charge is -2.25. The third-order valence-corrected chi connectivity index (χ3v) is 3.34. The average Bonchev–Trinajstić information content (AvgIpc) is 2.66. The number of anilines is 1. The summed E-state index contributed by atoms with van der Waals surface area (Å²) in [5.74, 6) is -0.439. The molecule has 1 heterocycles. The molecule has 1 fully saturated rings. The Bertz CT molecular complexity index is 564. The van der Waals surface area contributed by atoms with Crippen LogP contribution in [0.1, 0.15) is 19.3 Å². The first-order chi connectivity index (χ1) is 8.74. The minimum atomic E-state index is -0.439. The number of nitrogens with two attached hydrogens (primary N) is 1. The van der Waals surface area contributed by atoms with Gasteiger partial charge in [0.1, 0.15) is 11.3 Å². The Hall–Kier alpha value is -1.69. The van der Waals surface area contributed by atoms with Crippen molar-refractivity contribution in [1.29, 1.82) is 0 Å². The fraction of sp³-hybridized carbons (Fsp3) is 0.500. The van der Waals surface area contributed by atoms with Crippen LogP contribution in [0.4, 0.5) is 10.1 Å². The van der Waals surface area contributed by atoms with Gasteiger partial charge in [-0.3, -0.25) is 0 Å². The maximum Gasteiger partial charge on any atom is 0.148 e.